The smallest absolute Gasteiger partial charge is 0.410 e. The molecule has 0 aliphatic carbocycles. The minimum absolute atomic E-state index is 0.0439. The lowest BCUT2D eigenvalue weighted by atomic mass is 9.90. The fourth-order valence-electron chi connectivity index (χ4n) is 3.98. The molecule has 1 aromatic rings. The Kier molecular flexibility index (Phi) is 5.58. The van der Waals surface area contributed by atoms with Gasteiger partial charge in [0, 0.05) is 32.0 Å². The number of carbonyl (C=O) groups is 2. The van der Waals surface area contributed by atoms with Gasteiger partial charge in [-0.25, -0.2) is 9.18 Å². The van der Waals surface area contributed by atoms with Crippen LogP contribution < -0.4 is 4.74 Å². The highest BCUT2D eigenvalue weighted by molar-refractivity contribution is 5.97. The van der Waals surface area contributed by atoms with Crippen LogP contribution in [0.15, 0.2) is 18.2 Å². The van der Waals surface area contributed by atoms with Crippen LogP contribution in [0.4, 0.5) is 9.18 Å². The monoisotopic (exact) mass is 378 g/mol. The fraction of sp³-hybridized carbons (Fsp3) is 0.600. The van der Waals surface area contributed by atoms with Gasteiger partial charge in [-0.3, -0.25) is 4.79 Å². The molecule has 1 spiro atoms. The van der Waals surface area contributed by atoms with Crippen LogP contribution in [0.5, 0.6) is 5.75 Å². The highest BCUT2D eigenvalue weighted by Gasteiger charge is 2.48. The van der Waals surface area contributed by atoms with E-state index in [-0.39, 0.29) is 29.4 Å². The van der Waals surface area contributed by atoms with Gasteiger partial charge in [-0.1, -0.05) is 19.4 Å². The highest BCUT2D eigenvalue weighted by atomic mass is 19.1. The second-order valence-corrected chi connectivity index (χ2v) is 7.43. The first-order valence-corrected chi connectivity index (χ1v) is 9.52. The standard InChI is InChI=1S/C20H27FN2O4/c1-4-6-14(2)23-13-20(27-19(23)25)9-11-22(12-10-20)18(24)17-15(21)7-5-8-16(17)26-3/h5,7-8,14H,4,6,9-13H2,1-3H3/t14-/m1/s1. The molecule has 0 saturated carbocycles. The van der Waals surface area contributed by atoms with Crippen LogP contribution in [0.25, 0.3) is 0 Å². The number of hydrogen-bond donors (Lipinski definition) is 0. The number of likely N-dealkylation sites (tertiary alicyclic amines) is 1. The van der Waals surface area contributed by atoms with Crippen LogP contribution in [0.2, 0.25) is 0 Å². The zero-order valence-electron chi connectivity index (χ0n) is 16.2. The second kappa shape index (κ2) is 7.74. The van der Waals surface area contributed by atoms with E-state index in [2.05, 4.69) is 6.92 Å². The van der Waals surface area contributed by atoms with Gasteiger partial charge in [-0.2, -0.15) is 0 Å². The van der Waals surface area contributed by atoms with Crippen molar-refractivity contribution in [2.45, 2.75) is 51.2 Å². The Hall–Kier alpha value is -2.31. The second-order valence-electron chi connectivity index (χ2n) is 7.43. The van der Waals surface area contributed by atoms with Crippen molar-refractivity contribution in [3.8, 4) is 5.75 Å². The van der Waals surface area contributed by atoms with E-state index < -0.39 is 11.4 Å². The lowest BCUT2D eigenvalue weighted by molar-refractivity contribution is 0.00288. The van der Waals surface area contributed by atoms with Crippen LogP contribution >= 0.6 is 0 Å². The van der Waals surface area contributed by atoms with Gasteiger partial charge in [-0.15, -0.1) is 0 Å². The van der Waals surface area contributed by atoms with Crippen molar-refractivity contribution in [1.29, 1.82) is 0 Å². The van der Waals surface area contributed by atoms with Gasteiger partial charge in [-0.05, 0) is 25.5 Å². The molecule has 3 rings (SSSR count). The number of nitrogens with zero attached hydrogens (tertiary/aromatic N) is 2. The summed E-state index contributed by atoms with van der Waals surface area (Å²) in [4.78, 5) is 28.5. The Bertz CT molecular complexity index is 716. The molecule has 0 radical (unpaired) electrons. The maximum absolute atomic E-state index is 14.2. The van der Waals surface area contributed by atoms with Crippen molar-refractivity contribution in [1.82, 2.24) is 9.80 Å². The predicted octanol–water partition coefficient (Wildman–Crippen LogP) is 3.45. The van der Waals surface area contributed by atoms with Crippen LogP contribution in [0.3, 0.4) is 0 Å². The van der Waals surface area contributed by atoms with E-state index in [0.717, 1.165) is 12.8 Å². The van der Waals surface area contributed by atoms with Crippen molar-refractivity contribution in [3.63, 3.8) is 0 Å². The minimum Gasteiger partial charge on any atom is -0.496 e. The Balaban J connectivity index is 1.68. The lowest BCUT2D eigenvalue weighted by Crippen LogP contribution is -2.49. The molecule has 148 valence electrons. The first-order valence-electron chi connectivity index (χ1n) is 9.52. The molecule has 1 atom stereocenters. The number of halogens is 1. The van der Waals surface area contributed by atoms with E-state index in [9.17, 15) is 14.0 Å². The number of rotatable bonds is 5. The average molecular weight is 378 g/mol. The number of hydrogen-bond acceptors (Lipinski definition) is 4. The third-order valence-electron chi connectivity index (χ3n) is 5.61. The van der Waals surface area contributed by atoms with Crippen LogP contribution in [-0.4, -0.2) is 60.2 Å². The van der Waals surface area contributed by atoms with E-state index in [1.54, 1.807) is 15.9 Å². The molecule has 0 N–H and O–H groups in total. The minimum atomic E-state index is -0.591. The molecule has 7 heteroatoms. The zero-order valence-corrected chi connectivity index (χ0v) is 16.2. The maximum atomic E-state index is 14.2. The van der Waals surface area contributed by atoms with Gasteiger partial charge in [0.15, 0.2) is 0 Å². The normalized spacial score (nSPS) is 19.9. The fourth-order valence-corrected chi connectivity index (χ4v) is 3.98. The summed E-state index contributed by atoms with van der Waals surface area (Å²) in [5.74, 6) is -0.751. The van der Waals surface area contributed by atoms with Gasteiger partial charge >= 0.3 is 6.09 Å². The van der Waals surface area contributed by atoms with E-state index in [0.29, 0.717) is 32.5 Å². The Labute approximate surface area is 159 Å². The van der Waals surface area contributed by atoms with Crippen molar-refractivity contribution in [3.05, 3.63) is 29.6 Å². The third kappa shape index (κ3) is 3.73. The molecule has 2 fully saturated rings. The van der Waals surface area contributed by atoms with Gasteiger partial charge in [0.1, 0.15) is 22.7 Å². The van der Waals surface area contributed by atoms with Crippen LogP contribution in [0.1, 0.15) is 49.9 Å². The van der Waals surface area contributed by atoms with Gasteiger partial charge < -0.3 is 19.3 Å². The van der Waals surface area contributed by atoms with Gasteiger partial charge in [0.25, 0.3) is 5.91 Å². The molecule has 2 amide bonds. The summed E-state index contributed by atoms with van der Waals surface area (Å²) >= 11 is 0. The molecule has 2 aliphatic heterocycles. The zero-order chi connectivity index (χ0) is 19.6. The van der Waals surface area contributed by atoms with Crippen molar-refractivity contribution >= 4 is 12.0 Å². The summed E-state index contributed by atoms with van der Waals surface area (Å²) in [7, 11) is 1.42. The molecule has 6 nitrogen and oxygen atoms in total. The van der Waals surface area contributed by atoms with Crippen molar-refractivity contribution in [2.24, 2.45) is 0 Å². The molecule has 0 unspecified atom stereocenters. The van der Waals surface area contributed by atoms with E-state index >= 15 is 0 Å². The summed E-state index contributed by atoms with van der Waals surface area (Å²) in [6.45, 7) is 5.51. The molecule has 2 aliphatic rings. The Morgan fingerprint density at radius 2 is 2.07 bits per heavy atom. The highest BCUT2D eigenvalue weighted by Crippen LogP contribution is 2.35. The summed E-state index contributed by atoms with van der Waals surface area (Å²) in [5, 5.41) is 0. The first-order chi connectivity index (χ1) is 12.9. The molecule has 2 saturated heterocycles. The predicted molar refractivity (Wildman–Crippen MR) is 98.4 cm³/mol. The number of benzene rings is 1. The SMILES string of the molecule is CCC[C@@H](C)N1CC2(CCN(C(=O)c3c(F)cccc3OC)CC2)OC1=O. The Morgan fingerprint density at radius 1 is 1.37 bits per heavy atom. The lowest BCUT2D eigenvalue weighted by Gasteiger charge is -2.37. The first kappa shape index (κ1) is 19.5. The maximum Gasteiger partial charge on any atom is 0.410 e. The van der Waals surface area contributed by atoms with Gasteiger partial charge in [0.05, 0.1) is 13.7 Å². The van der Waals surface area contributed by atoms with Gasteiger partial charge in [0.2, 0.25) is 0 Å². The summed E-state index contributed by atoms with van der Waals surface area (Å²) in [6.07, 6.45) is 2.77. The molecule has 27 heavy (non-hydrogen) atoms. The number of methoxy groups -OCH3 is 1. The number of carbonyl (C=O) groups excluding carboxylic acids is 2. The van der Waals surface area contributed by atoms with Crippen LogP contribution in [-0.2, 0) is 4.74 Å². The van der Waals surface area contributed by atoms with Crippen molar-refractivity contribution < 1.29 is 23.5 Å². The van der Waals surface area contributed by atoms with E-state index in [1.807, 2.05) is 6.92 Å². The molecule has 0 aromatic heterocycles. The molecule has 0 bridgehead atoms. The third-order valence-corrected chi connectivity index (χ3v) is 5.61. The quantitative estimate of drug-likeness (QED) is 0.787. The van der Waals surface area contributed by atoms with E-state index in [4.69, 9.17) is 9.47 Å². The van der Waals surface area contributed by atoms with Crippen LogP contribution in [0, 0.1) is 5.82 Å². The molecular weight excluding hydrogens is 351 g/mol. The topological polar surface area (TPSA) is 59.1 Å². The number of ether oxygens (including phenoxy) is 2. The Morgan fingerprint density at radius 3 is 2.70 bits per heavy atom. The molecule has 2 heterocycles. The summed E-state index contributed by atoms with van der Waals surface area (Å²) < 4.78 is 25.1. The summed E-state index contributed by atoms with van der Waals surface area (Å²) in [6, 6.07) is 4.49. The van der Waals surface area contributed by atoms with E-state index in [1.165, 1.54) is 19.2 Å². The molecule has 1 aromatic carbocycles. The van der Waals surface area contributed by atoms with Crippen molar-refractivity contribution in [2.75, 3.05) is 26.7 Å². The number of amides is 2. The molecular formula is C20H27FN2O4. The number of piperidine rings is 1. The largest absolute Gasteiger partial charge is 0.496 e. The summed E-state index contributed by atoms with van der Waals surface area (Å²) in [5.41, 5.74) is -0.590. The average Bonchev–Trinajstić information content (AvgIpc) is 2.97.